The van der Waals surface area contributed by atoms with Gasteiger partial charge in [-0.2, -0.15) is 0 Å². The average Bonchev–Trinajstić information content (AvgIpc) is 2.63. The molecule has 0 aromatic carbocycles. The van der Waals surface area contributed by atoms with E-state index in [0.29, 0.717) is 12.6 Å². The fourth-order valence-electron chi connectivity index (χ4n) is 1.16. The van der Waals surface area contributed by atoms with Crippen LogP contribution in [0.15, 0.2) is 22.9 Å². The molecular weight excluding hydrogens is 194 g/mol. The summed E-state index contributed by atoms with van der Waals surface area (Å²) in [5.41, 5.74) is 7.52. The van der Waals surface area contributed by atoms with Crippen LogP contribution in [0, 0.1) is 6.92 Å². The van der Waals surface area contributed by atoms with Gasteiger partial charge in [0.2, 0.25) is 0 Å². The number of hydrogen-bond acceptors (Lipinski definition) is 6. The van der Waals surface area contributed by atoms with Gasteiger partial charge in [-0.05, 0) is 24.1 Å². The van der Waals surface area contributed by atoms with Crippen molar-refractivity contribution >= 4 is 12.0 Å². The predicted molar refractivity (Wildman–Crippen MR) is 55.0 cm³/mol. The second-order valence-corrected chi connectivity index (χ2v) is 3.10. The summed E-state index contributed by atoms with van der Waals surface area (Å²) in [5.74, 6) is 0. The molecule has 3 N–H and O–H groups in total. The SMILES string of the molecule is Cc1ccncc1CNc1nnc(N)o1. The molecule has 0 atom stereocenters. The minimum absolute atomic E-state index is 0.0559. The summed E-state index contributed by atoms with van der Waals surface area (Å²) in [4.78, 5) is 4.03. The Kier molecular flexibility index (Phi) is 2.49. The van der Waals surface area contributed by atoms with Crippen LogP contribution in [0.25, 0.3) is 0 Å². The number of nitrogen functional groups attached to an aromatic ring is 1. The van der Waals surface area contributed by atoms with E-state index in [1.54, 1.807) is 12.4 Å². The molecule has 2 aromatic rings. The molecule has 0 aliphatic carbocycles. The zero-order chi connectivity index (χ0) is 10.7. The van der Waals surface area contributed by atoms with E-state index in [1.807, 2.05) is 13.0 Å². The number of nitrogens with zero attached hydrogens (tertiary/aromatic N) is 3. The predicted octanol–water partition coefficient (Wildman–Crippen LogP) is 0.967. The second kappa shape index (κ2) is 3.95. The molecule has 2 aromatic heterocycles. The number of aryl methyl sites for hydroxylation is 1. The number of rotatable bonds is 3. The minimum atomic E-state index is 0.0559. The molecule has 6 heteroatoms. The highest BCUT2D eigenvalue weighted by Gasteiger charge is 2.02. The third kappa shape index (κ3) is 2.22. The molecule has 0 saturated carbocycles. The number of nitrogens with two attached hydrogens (primary N) is 1. The summed E-state index contributed by atoms with van der Waals surface area (Å²) in [7, 11) is 0. The third-order valence-corrected chi connectivity index (χ3v) is 2.02. The molecule has 0 bridgehead atoms. The Bertz CT molecular complexity index is 453. The molecule has 0 fully saturated rings. The Labute approximate surface area is 86.5 Å². The number of pyridine rings is 1. The van der Waals surface area contributed by atoms with E-state index in [2.05, 4.69) is 20.5 Å². The molecule has 0 unspecified atom stereocenters. The Morgan fingerprint density at radius 3 is 3.00 bits per heavy atom. The van der Waals surface area contributed by atoms with Crippen molar-refractivity contribution in [1.29, 1.82) is 0 Å². The van der Waals surface area contributed by atoms with Crippen molar-refractivity contribution in [3.63, 3.8) is 0 Å². The topological polar surface area (TPSA) is 89.9 Å². The van der Waals surface area contributed by atoms with E-state index in [0.717, 1.165) is 11.1 Å². The van der Waals surface area contributed by atoms with Crippen molar-refractivity contribution in [2.45, 2.75) is 13.5 Å². The second-order valence-electron chi connectivity index (χ2n) is 3.10. The van der Waals surface area contributed by atoms with Crippen molar-refractivity contribution in [3.8, 4) is 0 Å². The van der Waals surface area contributed by atoms with E-state index >= 15 is 0 Å². The van der Waals surface area contributed by atoms with Crippen LogP contribution in [-0.2, 0) is 6.54 Å². The molecular formula is C9H11N5O. The normalized spacial score (nSPS) is 10.2. The zero-order valence-corrected chi connectivity index (χ0v) is 8.27. The first-order valence-electron chi connectivity index (χ1n) is 4.48. The van der Waals surface area contributed by atoms with Crippen molar-refractivity contribution in [2.75, 3.05) is 11.1 Å². The number of hydrogen-bond donors (Lipinski definition) is 2. The van der Waals surface area contributed by atoms with Gasteiger partial charge in [0.1, 0.15) is 0 Å². The lowest BCUT2D eigenvalue weighted by Gasteiger charge is -2.03. The lowest BCUT2D eigenvalue weighted by molar-refractivity contribution is 0.586. The van der Waals surface area contributed by atoms with Gasteiger partial charge in [0.25, 0.3) is 0 Å². The highest BCUT2D eigenvalue weighted by molar-refractivity contribution is 5.28. The molecule has 2 heterocycles. The van der Waals surface area contributed by atoms with Crippen LogP contribution < -0.4 is 11.1 Å². The summed E-state index contributed by atoms with van der Waals surface area (Å²) >= 11 is 0. The number of nitrogens with one attached hydrogen (secondary N) is 1. The summed E-state index contributed by atoms with van der Waals surface area (Å²) < 4.78 is 4.97. The van der Waals surface area contributed by atoms with Gasteiger partial charge in [-0.1, -0.05) is 10.2 Å². The molecule has 0 aliphatic heterocycles. The first kappa shape index (κ1) is 9.45. The summed E-state index contributed by atoms with van der Waals surface area (Å²) in [5, 5.41) is 10.2. The van der Waals surface area contributed by atoms with Crippen molar-refractivity contribution < 1.29 is 4.42 Å². The Balaban J connectivity index is 2.02. The van der Waals surface area contributed by atoms with Crippen molar-refractivity contribution in [1.82, 2.24) is 15.2 Å². The number of anilines is 2. The molecule has 0 spiro atoms. The van der Waals surface area contributed by atoms with Gasteiger partial charge in [-0.25, -0.2) is 0 Å². The van der Waals surface area contributed by atoms with Crippen molar-refractivity contribution in [2.24, 2.45) is 0 Å². The lowest BCUT2D eigenvalue weighted by Crippen LogP contribution is -2.01. The van der Waals surface area contributed by atoms with Gasteiger partial charge in [0.15, 0.2) is 0 Å². The van der Waals surface area contributed by atoms with E-state index in [9.17, 15) is 0 Å². The quantitative estimate of drug-likeness (QED) is 0.775. The standard InChI is InChI=1S/C9H11N5O/c1-6-2-3-11-4-7(6)5-12-9-14-13-8(10)15-9/h2-4H,5H2,1H3,(H2,10,13)(H,12,14). The van der Waals surface area contributed by atoms with E-state index in [1.165, 1.54) is 0 Å². The van der Waals surface area contributed by atoms with Crippen LogP contribution in [0.4, 0.5) is 12.0 Å². The van der Waals surface area contributed by atoms with Crippen LogP contribution in [0.2, 0.25) is 0 Å². The van der Waals surface area contributed by atoms with Crippen LogP contribution in [0.3, 0.4) is 0 Å². The highest BCUT2D eigenvalue weighted by Crippen LogP contribution is 2.10. The maximum absolute atomic E-state index is 5.28. The maximum atomic E-state index is 5.28. The molecule has 0 radical (unpaired) electrons. The maximum Gasteiger partial charge on any atom is 0.317 e. The fraction of sp³-hybridized carbons (Fsp3) is 0.222. The summed E-state index contributed by atoms with van der Waals surface area (Å²) in [6, 6.07) is 2.32. The zero-order valence-electron chi connectivity index (χ0n) is 8.27. The van der Waals surface area contributed by atoms with Gasteiger partial charge in [0.05, 0.1) is 0 Å². The number of aromatic nitrogens is 3. The van der Waals surface area contributed by atoms with Crippen molar-refractivity contribution in [3.05, 3.63) is 29.6 Å². The molecule has 15 heavy (non-hydrogen) atoms. The molecule has 78 valence electrons. The smallest absolute Gasteiger partial charge is 0.317 e. The molecule has 6 nitrogen and oxygen atoms in total. The average molecular weight is 205 g/mol. The molecule has 2 rings (SSSR count). The minimum Gasteiger partial charge on any atom is -0.390 e. The van der Waals surface area contributed by atoms with Gasteiger partial charge in [-0.3, -0.25) is 4.98 Å². The Morgan fingerprint density at radius 2 is 2.33 bits per heavy atom. The molecule has 0 aliphatic rings. The van der Waals surface area contributed by atoms with Gasteiger partial charge >= 0.3 is 12.0 Å². The Hall–Kier alpha value is -2.11. The monoisotopic (exact) mass is 205 g/mol. The van der Waals surface area contributed by atoms with Crippen LogP contribution in [0.1, 0.15) is 11.1 Å². The Morgan fingerprint density at radius 1 is 1.47 bits per heavy atom. The van der Waals surface area contributed by atoms with Crippen LogP contribution in [-0.4, -0.2) is 15.2 Å². The first-order valence-corrected chi connectivity index (χ1v) is 4.48. The summed E-state index contributed by atoms with van der Waals surface area (Å²) in [6.45, 7) is 2.60. The van der Waals surface area contributed by atoms with E-state index in [-0.39, 0.29) is 6.01 Å². The van der Waals surface area contributed by atoms with Gasteiger partial charge in [0, 0.05) is 18.9 Å². The summed E-state index contributed by atoms with van der Waals surface area (Å²) in [6.07, 6.45) is 3.55. The highest BCUT2D eigenvalue weighted by atomic mass is 16.4. The third-order valence-electron chi connectivity index (χ3n) is 2.02. The lowest BCUT2D eigenvalue weighted by atomic mass is 10.2. The van der Waals surface area contributed by atoms with Crippen LogP contribution >= 0.6 is 0 Å². The fourth-order valence-corrected chi connectivity index (χ4v) is 1.16. The largest absolute Gasteiger partial charge is 0.390 e. The van der Waals surface area contributed by atoms with E-state index in [4.69, 9.17) is 10.2 Å². The van der Waals surface area contributed by atoms with E-state index < -0.39 is 0 Å². The first-order chi connectivity index (χ1) is 7.25. The molecule has 0 saturated heterocycles. The van der Waals surface area contributed by atoms with Gasteiger partial charge in [-0.15, -0.1) is 0 Å². The van der Waals surface area contributed by atoms with Gasteiger partial charge < -0.3 is 15.5 Å². The molecule has 0 amide bonds. The van der Waals surface area contributed by atoms with Crippen LogP contribution in [0.5, 0.6) is 0 Å².